The Morgan fingerprint density at radius 1 is 0.893 bits per heavy atom. The van der Waals surface area contributed by atoms with Crippen molar-refractivity contribution < 1.29 is 53.8 Å². The quantitative estimate of drug-likeness (QED) is 0.280. The standard InChI is InChI=1S/C41H54N4O11/c1-20-11-10-12-21(2)40(53)43-31-26(19-42-45-16-14-44(8)15-17-45)36(50)28-29(37(31)51)35(49)25(6)38-30(28)39(52)41(7,56-38)55-18-13-27(54-9)22(3)33(47)24(5)34(48)23(4)32(20)46/h10-13,18-20,22-24,27,32-34,46-49H,14-17H2,1-9H3,(H,43,53)/b11-10-,18-13-,21-12-,42-19+. The van der Waals surface area contributed by atoms with E-state index < -0.39 is 99.7 Å². The van der Waals surface area contributed by atoms with Gasteiger partial charge in [-0.25, -0.2) is 0 Å². The number of carbonyl (C=O) groups excluding carboxylic acids is 4. The summed E-state index contributed by atoms with van der Waals surface area (Å²) < 4.78 is 17.6. The number of phenols is 1. The van der Waals surface area contributed by atoms with Gasteiger partial charge in [0, 0.05) is 75.0 Å². The van der Waals surface area contributed by atoms with Gasteiger partial charge in [0.25, 0.3) is 11.7 Å². The minimum atomic E-state index is -2.06. The third kappa shape index (κ3) is 7.96. The molecule has 56 heavy (non-hydrogen) atoms. The first-order chi connectivity index (χ1) is 26.3. The van der Waals surface area contributed by atoms with Gasteiger partial charge in [-0.05, 0) is 27.0 Å². The fourth-order valence-electron chi connectivity index (χ4n) is 7.50. The molecular formula is C41H54N4O11. The Hall–Kier alpha value is -4.67. The minimum Gasteiger partial charge on any atom is -0.507 e. The van der Waals surface area contributed by atoms with Crippen LogP contribution in [0, 0.1) is 30.6 Å². The molecule has 5 N–H and O–H groups in total. The number of methoxy groups -OCH3 is 1. The van der Waals surface area contributed by atoms with Gasteiger partial charge in [0.15, 0.2) is 5.78 Å². The number of hydrazone groups is 1. The third-order valence-corrected chi connectivity index (χ3v) is 11.6. The third-order valence-electron chi connectivity index (χ3n) is 11.6. The van der Waals surface area contributed by atoms with E-state index in [1.54, 1.807) is 44.9 Å². The van der Waals surface area contributed by atoms with E-state index in [1.807, 2.05) is 7.05 Å². The number of aromatic hydroxyl groups is 1. The second-order valence-corrected chi connectivity index (χ2v) is 15.5. The molecule has 9 atom stereocenters. The van der Waals surface area contributed by atoms with Crippen LogP contribution in [-0.4, -0.2) is 130 Å². The molecule has 304 valence electrons. The highest BCUT2D eigenvalue weighted by atomic mass is 16.7. The van der Waals surface area contributed by atoms with Crippen molar-refractivity contribution in [2.24, 2.45) is 28.8 Å². The van der Waals surface area contributed by atoms with Gasteiger partial charge in [0.05, 0.1) is 59.2 Å². The molecule has 1 aromatic carbocycles. The van der Waals surface area contributed by atoms with Crippen LogP contribution in [0.2, 0.25) is 0 Å². The lowest BCUT2D eigenvalue weighted by Crippen LogP contribution is -2.45. The first-order valence-electron chi connectivity index (χ1n) is 18.9. The lowest BCUT2D eigenvalue weighted by Gasteiger charge is -2.36. The van der Waals surface area contributed by atoms with Gasteiger partial charge in [-0.2, -0.15) is 5.10 Å². The zero-order chi connectivity index (χ0) is 41.4. The van der Waals surface area contributed by atoms with Crippen LogP contribution < -0.4 is 10.1 Å². The van der Waals surface area contributed by atoms with Gasteiger partial charge in [-0.15, -0.1) is 0 Å². The largest absolute Gasteiger partial charge is 0.507 e. The van der Waals surface area contributed by atoms with Crippen LogP contribution in [-0.2, 0) is 14.3 Å². The van der Waals surface area contributed by atoms with E-state index in [2.05, 4.69) is 15.3 Å². The number of ketones is 3. The second kappa shape index (κ2) is 16.8. The van der Waals surface area contributed by atoms with E-state index in [9.17, 15) is 39.6 Å². The van der Waals surface area contributed by atoms with E-state index >= 15 is 0 Å². The van der Waals surface area contributed by atoms with Gasteiger partial charge < -0.3 is 44.9 Å². The number of nitrogens with zero attached hydrogens (tertiary/aromatic N) is 3. The molecule has 1 aliphatic carbocycles. The van der Waals surface area contributed by atoms with E-state index in [1.165, 1.54) is 52.5 Å². The summed E-state index contributed by atoms with van der Waals surface area (Å²) in [4.78, 5) is 59.0. The molecule has 6 rings (SSSR count). The molecule has 0 aromatic heterocycles. The number of aliphatic hydroxyl groups excluding tert-OH is 3. The topological polar surface area (TPSA) is 208 Å². The molecule has 9 unspecified atom stereocenters. The number of hydrogen-bond acceptors (Lipinski definition) is 14. The number of carbonyl (C=O) groups is 4. The summed E-state index contributed by atoms with van der Waals surface area (Å²) in [5, 5.41) is 54.0. The summed E-state index contributed by atoms with van der Waals surface area (Å²) >= 11 is 0. The van der Waals surface area contributed by atoms with E-state index in [0.717, 1.165) is 0 Å². The van der Waals surface area contributed by atoms with Crippen LogP contribution in [0.4, 0.5) is 0 Å². The predicted molar refractivity (Wildman–Crippen MR) is 206 cm³/mol. The van der Waals surface area contributed by atoms with Crippen molar-refractivity contribution in [3.05, 3.63) is 69.7 Å². The predicted octanol–water partition coefficient (Wildman–Crippen LogP) is 2.66. The highest BCUT2D eigenvalue weighted by molar-refractivity contribution is 6.37. The number of allylic oxidation sites excluding steroid dienone is 4. The Labute approximate surface area is 327 Å². The SMILES string of the molecule is COC1/C=C\OC2(C)Oc3c(C)c(O)c4c(c3C2=O)C(=O)C(/C=N/N2CCN(C)CC2)=C(NC(=O)/C(C)=C\C=C/C(C)C(O)C(C)C(O)C(C)C(O)C1C)C4=O. The van der Waals surface area contributed by atoms with Crippen molar-refractivity contribution in [1.29, 1.82) is 0 Å². The number of aliphatic hydroxyl groups is 3. The summed E-state index contributed by atoms with van der Waals surface area (Å²) in [5.74, 6) is -8.58. The molecule has 1 aromatic rings. The fourth-order valence-corrected chi connectivity index (χ4v) is 7.50. The first kappa shape index (κ1) is 42.5. The van der Waals surface area contributed by atoms with Crippen molar-refractivity contribution in [3.8, 4) is 11.5 Å². The lowest BCUT2D eigenvalue weighted by molar-refractivity contribution is -0.116. The van der Waals surface area contributed by atoms with Crippen molar-refractivity contribution >= 4 is 29.5 Å². The number of phenolic OH excluding ortho intramolecular Hbond substituents is 1. The zero-order valence-electron chi connectivity index (χ0n) is 33.4. The maximum Gasteiger partial charge on any atom is 0.312 e. The first-order valence-corrected chi connectivity index (χ1v) is 18.9. The molecule has 1 fully saturated rings. The Morgan fingerprint density at radius 2 is 1.52 bits per heavy atom. The lowest BCUT2D eigenvalue weighted by atomic mass is 9.78. The average Bonchev–Trinajstić information content (AvgIpc) is 3.44. The smallest absolute Gasteiger partial charge is 0.312 e. The van der Waals surface area contributed by atoms with Crippen LogP contribution >= 0.6 is 0 Å². The maximum absolute atomic E-state index is 14.6. The van der Waals surface area contributed by atoms with Crippen molar-refractivity contribution in [2.45, 2.75) is 78.7 Å². The van der Waals surface area contributed by atoms with Gasteiger partial charge in [-0.1, -0.05) is 45.9 Å². The van der Waals surface area contributed by atoms with Gasteiger partial charge >= 0.3 is 5.79 Å². The number of piperazine rings is 1. The van der Waals surface area contributed by atoms with Crippen LogP contribution in [0.15, 0.2) is 52.5 Å². The number of nitrogens with one attached hydrogen (secondary N) is 1. The monoisotopic (exact) mass is 778 g/mol. The molecule has 5 bridgehead atoms. The fraction of sp³-hybridized carbons (Fsp3) is 0.537. The summed E-state index contributed by atoms with van der Waals surface area (Å²) in [6.07, 6.45) is 4.49. The van der Waals surface area contributed by atoms with E-state index in [4.69, 9.17) is 14.2 Å². The molecule has 1 saturated heterocycles. The summed E-state index contributed by atoms with van der Waals surface area (Å²) in [5.41, 5.74) is -1.73. The normalized spacial score (nSPS) is 34.6. The minimum absolute atomic E-state index is 0.00103. The molecule has 4 heterocycles. The Balaban J connectivity index is 1.65. The Kier molecular flexibility index (Phi) is 12.8. The van der Waals surface area contributed by atoms with Crippen molar-refractivity contribution in [3.63, 3.8) is 0 Å². The van der Waals surface area contributed by atoms with Gasteiger partial charge in [0.2, 0.25) is 5.78 Å². The molecule has 0 spiro atoms. The molecular weight excluding hydrogens is 724 g/mol. The molecule has 1 amide bonds. The molecule has 15 nitrogen and oxygen atoms in total. The number of hydrogen-bond donors (Lipinski definition) is 5. The highest BCUT2D eigenvalue weighted by Crippen LogP contribution is 2.48. The van der Waals surface area contributed by atoms with Crippen LogP contribution in [0.1, 0.15) is 78.2 Å². The van der Waals surface area contributed by atoms with Crippen molar-refractivity contribution in [1.82, 2.24) is 15.2 Å². The number of benzene rings is 1. The van der Waals surface area contributed by atoms with Crippen LogP contribution in [0.25, 0.3) is 0 Å². The zero-order valence-corrected chi connectivity index (χ0v) is 33.4. The molecule has 15 heteroatoms. The number of amides is 1. The maximum atomic E-state index is 14.6. The number of ether oxygens (including phenoxy) is 3. The molecule has 0 saturated carbocycles. The van der Waals surface area contributed by atoms with Gasteiger partial charge in [0.1, 0.15) is 17.2 Å². The summed E-state index contributed by atoms with van der Waals surface area (Å²) in [6.45, 7) is 13.5. The average molecular weight is 779 g/mol. The molecule has 5 aliphatic rings. The van der Waals surface area contributed by atoms with Crippen LogP contribution in [0.5, 0.6) is 11.5 Å². The number of likely N-dealkylation sites (N-methyl/N-ethyl adjacent to an activating group) is 1. The van der Waals surface area contributed by atoms with Crippen LogP contribution in [0.3, 0.4) is 0 Å². The van der Waals surface area contributed by atoms with Gasteiger partial charge in [-0.3, -0.25) is 24.2 Å². The molecule has 0 radical (unpaired) electrons. The second-order valence-electron chi connectivity index (χ2n) is 15.5. The number of fused-ring (bicyclic) bond motifs is 14. The number of rotatable bonds is 3. The summed E-state index contributed by atoms with van der Waals surface area (Å²) in [7, 11) is 3.39. The van der Waals surface area contributed by atoms with E-state index in [-0.39, 0.29) is 28.0 Å². The summed E-state index contributed by atoms with van der Waals surface area (Å²) in [6, 6.07) is 0. The van der Waals surface area contributed by atoms with E-state index in [0.29, 0.717) is 26.2 Å². The Bertz CT molecular complexity index is 1910. The number of Topliss-reactive ketones (excluding diaryl/α,β-unsaturated/α-hetero) is 3. The highest BCUT2D eigenvalue weighted by Gasteiger charge is 2.52. The Morgan fingerprint density at radius 3 is 2.16 bits per heavy atom. The van der Waals surface area contributed by atoms with Crippen molar-refractivity contribution in [2.75, 3.05) is 40.3 Å². The molecule has 4 aliphatic heterocycles.